The van der Waals surface area contributed by atoms with Crippen LogP contribution in [-0.2, 0) is 14.2 Å². The summed E-state index contributed by atoms with van der Waals surface area (Å²) in [5.74, 6) is -43.5. The second-order valence-corrected chi connectivity index (χ2v) is 10.4. The molecule has 0 aromatic heterocycles. The molecule has 0 heterocycles. The molecule has 4 aliphatic rings. The Labute approximate surface area is 224 Å². The third-order valence-corrected chi connectivity index (χ3v) is 8.24. The fraction of sp³-hybridized carbons (Fsp3) is 1.00. The minimum absolute atomic E-state index is 0.448. The Hall–Kier alpha value is -1.15. The Balaban J connectivity index is 2.62. The molecule has 4 saturated carbocycles. The van der Waals surface area contributed by atoms with Crippen LogP contribution in [0.3, 0.4) is 0 Å². The van der Waals surface area contributed by atoms with Crippen LogP contribution in [0.15, 0.2) is 0 Å². The van der Waals surface area contributed by atoms with Gasteiger partial charge in [0.15, 0.2) is 0 Å². The average molecular weight is 633 g/mol. The quantitative estimate of drug-likeness (QED) is 0.281. The van der Waals surface area contributed by atoms with Gasteiger partial charge in [0, 0.05) is 6.04 Å². The smallest absolute Gasteiger partial charge is 0.334 e. The number of halogens is 13. The van der Waals surface area contributed by atoms with Gasteiger partial charge in [0.2, 0.25) is 0 Å². The maximum Gasteiger partial charge on any atom is 0.334 e. The number of aliphatic hydroxyl groups excluding tert-OH is 2. The first-order chi connectivity index (χ1) is 18.4. The summed E-state index contributed by atoms with van der Waals surface area (Å²) in [7, 11) is 0. The van der Waals surface area contributed by atoms with Crippen LogP contribution in [0.4, 0.5) is 57.1 Å². The molecule has 4 N–H and O–H groups in total. The van der Waals surface area contributed by atoms with E-state index in [4.69, 9.17) is 5.73 Å². The first kappa shape index (κ1) is 34.3. The third kappa shape index (κ3) is 3.08. The lowest BCUT2D eigenvalue weighted by Gasteiger charge is -2.77. The van der Waals surface area contributed by atoms with Gasteiger partial charge in [0.1, 0.15) is 0 Å². The molecule has 4 bridgehead atoms. The highest BCUT2D eigenvalue weighted by Gasteiger charge is 3.22. The van der Waals surface area contributed by atoms with E-state index in [9.17, 15) is 10.2 Å². The van der Waals surface area contributed by atoms with Crippen molar-refractivity contribution in [1.29, 1.82) is 0 Å². The van der Waals surface area contributed by atoms with Crippen LogP contribution in [0, 0.1) is 0 Å². The van der Waals surface area contributed by atoms with Crippen LogP contribution in [0.25, 0.3) is 0 Å². The second-order valence-electron chi connectivity index (χ2n) is 10.4. The summed E-state index contributed by atoms with van der Waals surface area (Å²) >= 11 is 0. The van der Waals surface area contributed by atoms with Crippen molar-refractivity contribution >= 4 is 0 Å². The van der Waals surface area contributed by atoms with Crippen molar-refractivity contribution in [2.45, 2.75) is 116 Å². The van der Waals surface area contributed by atoms with Gasteiger partial charge in [-0.1, -0.05) is 20.8 Å². The van der Waals surface area contributed by atoms with E-state index in [0.29, 0.717) is 0 Å². The van der Waals surface area contributed by atoms with Crippen LogP contribution in [0.1, 0.15) is 40.0 Å². The Morgan fingerprint density at radius 1 is 0.488 bits per heavy atom. The van der Waals surface area contributed by atoms with E-state index in [1.165, 1.54) is 0 Å². The molecule has 242 valence electrons. The number of alkyl halides is 13. The van der Waals surface area contributed by atoms with Crippen LogP contribution in [0.5, 0.6) is 0 Å². The lowest BCUT2D eigenvalue weighted by atomic mass is 9.38. The topological polar surface area (TPSA) is 94.2 Å². The maximum atomic E-state index is 16.2. The first-order valence-corrected chi connectivity index (χ1v) is 12.4. The van der Waals surface area contributed by atoms with E-state index < -0.39 is 115 Å². The van der Waals surface area contributed by atoms with Gasteiger partial charge in [-0.2, -0.15) is 52.7 Å². The zero-order valence-electron chi connectivity index (χ0n) is 21.6. The summed E-state index contributed by atoms with van der Waals surface area (Å²) in [5, 5.41) is 19.4. The fourth-order valence-electron chi connectivity index (χ4n) is 5.68. The molecule has 4 aliphatic carbocycles. The van der Waals surface area contributed by atoms with Gasteiger partial charge in [-0.3, -0.25) is 0 Å². The van der Waals surface area contributed by atoms with Crippen molar-refractivity contribution in [1.82, 2.24) is 0 Å². The highest BCUT2D eigenvalue weighted by atomic mass is 19.3. The van der Waals surface area contributed by atoms with E-state index in [0.717, 1.165) is 20.8 Å². The van der Waals surface area contributed by atoms with Crippen molar-refractivity contribution in [3.05, 3.63) is 0 Å². The van der Waals surface area contributed by atoms with Crippen LogP contribution < -0.4 is 5.73 Å². The number of hydrogen-bond donors (Lipinski definition) is 3. The molecule has 0 radical (unpaired) electrons. The predicted octanol–water partition coefficient (Wildman–Crippen LogP) is 4.09. The standard InChI is InChI=1S/C22H28F13NO5/c1-4-10(36)7-39-14-17(24,25)13(23)18(26,27)15(20(14,30)31,40-8-11(37)5-2)22(34,35)16(19(13,28)29,21(14,32)33)41-9-12(38)6-3/h10-12,37-38H,4-9,36H2,1-3H3. The molecular weight excluding hydrogens is 605 g/mol. The van der Waals surface area contributed by atoms with E-state index in [1.54, 1.807) is 0 Å². The highest BCUT2D eigenvalue weighted by Crippen LogP contribution is 2.88. The second kappa shape index (κ2) is 9.42. The fourth-order valence-corrected chi connectivity index (χ4v) is 5.68. The Kier molecular flexibility index (Phi) is 7.89. The SMILES string of the molecule is CCC(N)COC12C(F)(F)C3(F)C(F)(F)C(OCC(O)CC)(C1(F)F)C(F)(F)C(OCC(O)CC)(C3(F)F)C2(F)F. The molecule has 0 aliphatic heterocycles. The number of aliphatic hydroxyl groups is 2. The summed E-state index contributed by atoms with van der Waals surface area (Å²) in [5.41, 5.74) is -21.7. The molecule has 4 rings (SSSR count). The van der Waals surface area contributed by atoms with E-state index >= 15 is 57.1 Å². The molecule has 41 heavy (non-hydrogen) atoms. The molecule has 0 amide bonds. The lowest BCUT2D eigenvalue weighted by Crippen LogP contribution is -3.12. The van der Waals surface area contributed by atoms with Crippen molar-refractivity contribution in [2.24, 2.45) is 5.73 Å². The largest absolute Gasteiger partial charge is 0.391 e. The van der Waals surface area contributed by atoms with Crippen molar-refractivity contribution in [2.75, 3.05) is 19.8 Å². The van der Waals surface area contributed by atoms with E-state index in [-0.39, 0.29) is 0 Å². The van der Waals surface area contributed by atoms with Crippen molar-refractivity contribution in [3.8, 4) is 0 Å². The predicted molar refractivity (Wildman–Crippen MR) is 110 cm³/mol. The van der Waals surface area contributed by atoms with Gasteiger partial charge in [-0.15, -0.1) is 0 Å². The normalized spacial score (nSPS) is 40.8. The summed E-state index contributed by atoms with van der Waals surface area (Å²) in [6.07, 6.45) is -6.27. The van der Waals surface area contributed by atoms with Gasteiger partial charge in [0.05, 0.1) is 32.0 Å². The van der Waals surface area contributed by atoms with Crippen LogP contribution in [0.2, 0.25) is 0 Å². The lowest BCUT2D eigenvalue weighted by molar-refractivity contribution is -0.640. The van der Waals surface area contributed by atoms with Crippen LogP contribution in [-0.4, -0.2) is 106 Å². The van der Waals surface area contributed by atoms with Crippen molar-refractivity contribution in [3.63, 3.8) is 0 Å². The Morgan fingerprint density at radius 3 is 1.00 bits per heavy atom. The maximum absolute atomic E-state index is 16.2. The summed E-state index contributed by atoms with van der Waals surface area (Å²) in [4.78, 5) is 0. The van der Waals surface area contributed by atoms with Gasteiger partial charge in [-0.05, 0) is 19.3 Å². The number of rotatable bonds is 12. The summed E-state index contributed by atoms with van der Waals surface area (Å²) < 4.78 is 219. The zero-order chi connectivity index (χ0) is 32.1. The molecule has 5 atom stereocenters. The molecule has 5 unspecified atom stereocenters. The minimum Gasteiger partial charge on any atom is -0.391 e. The Morgan fingerprint density at radius 2 is 0.756 bits per heavy atom. The monoisotopic (exact) mass is 633 g/mol. The van der Waals surface area contributed by atoms with Crippen LogP contribution >= 0.6 is 0 Å². The van der Waals surface area contributed by atoms with Gasteiger partial charge in [0.25, 0.3) is 16.8 Å². The number of nitrogens with two attached hydrogens (primary N) is 1. The van der Waals surface area contributed by atoms with Gasteiger partial charge >= 0.3 is 41.2 Å². The Bertz CT molecular complexity index is 871. The highest BCUT2D eigenvalue weighted by molar-refractivity contribution is 5.55. The summed E-state index contributed by atoms with van der Waals surface area (Å²) in [6.45, 7) is -2.99. The number of hydrogen-bond acceptors (Lipinski definition) is 6. The van der Waals surface area contributed by atoms with E-state index in [1.807, 2.05) is 0 Å². The molecule has 0 spiro atoms. The van der Waals surface area contributed by atoms with Crippen molar-refractivity contribution < 1.29 is 81.5 Å². The molecule has 0 aromatic carbocycles. The summed E-state index contributed by atoms with van der Waals surface area (Å²) in [6, 6.07) is -1.78. The molecule has 0 saturated heterocycles. The number of ether oxygens (including phenoxy) is 3. The molecular formula is C22H28F13NO5. The molecule has 4 fully saturated rings. The van der Waals surface area contributed by atoms with Gasteiger partial charge < -0.3 is 30.2 Å². The molecule has 0 aromatic rings. The van der Waals surface area contributed by atoms with E-state index in [2.05, 4.69) is 14.2 Å². The average Bonchev–Trinajstić information content (AvgIpc) is 2.84. The molecule has 6 nitrogen and oxygen atoms in total. The van der Waals surface area contributed by atoms with Gasteiger partial charge in [-0.25, -0.2) is 4.39 Å². The first-order valence-electron chi connectivity index (χ1n) is 12.4. The zero-order valence-corrected chi connectivity index (χ0v) is 21.6. The third-order valence-electron chi connectivity index (χ3n) is 8.24. The minimum atomic E-state index is -7.39. The molecule has 19 heteroatoms.